The Morgan fingerprint density at radius 2 is 2.24 bits per heavy atom. The van der Waals surface area contributed by atoms with Crippen LogP contribution in [-0.2, 0) is 0 Å². The van der Waals surface area contributed by atoms with Gasteiger partial charge in [0, 0.05) is 18.2 Å². The van der Waals surface area contributed by atoms with E-state index in [9.17, 15) is 9.90 Å². The lowest BCUT2D eigenvalue weighted by molar-refractivity contribution is 0.0752. The van der Waals surface area contributed by atoms with Gasteiger partial charge in [0.25, 0.3) is 5.91 Å². The molecule has 0 aliphatic heterocycles. The van der Waals surface area contributed by atoms with E-state index in [4.69, 9.17) is 4.74 Å². The van der Waals surface area contributed by atoms with Gasteiger partial charge in [0.1, 0.15) is 0 Å². The van der Waals surface area contributed by atoms with Crippen LogP contribution in [0.1, 0.15) is 30.1 Å². The number of hydrogen-bond donors (Lipinski definition) is 1. The third-order valence-electron chi connectivity index (χ3n) is 3.01. The molecule has 4 nitrogen and oxygen atoms in total. The second-order valence-electron chi connectivity index (χ2n) is 4.21. The fourth-order valence-corrected chi connectivity index (χ4v) is 1.94. The van der Waals surface area contributed by atoms with Gasteiger partial charge in [0.05, 0.1) is 7.11 Å². The summed E-state index contributed by atoms with van der Waals surface area (Å²) in [6, 6.07) is 5.15. The van der Waals surface area contributed by atoms with Gasteiger partial charge in [-0.05, 0) is 38.0 Å². The van der Waals surface area contributed by atoms with E-state index in [1.54, 1.807) is 12.1 Å². The molecule has 0 atom stereocenters. The SMILES string of the molecule is CCN(C(=O)c1ccc(OC)c(O)c1)C1CC1. The number of ether oxygens (including phenoxy) is 1. The van der Waals surface area contributed by atoms with Crippen molar-refractivity contribution in [2.75, 3.05) is 13.7 Å². The smallest absolute Gasteiger partial charge is 0.254 e. The Kier molecular flexibility index (Phi) is 3.22. The molecule has 1 aliphatic carbocycles. The van der Waals surface area contributed by atoms with Gasteiger partial charge in [-0.15, -0.1) is 0 Å². The molecule has 92 valence electrons. The second kappa shape index (κ2) is 4.65. The topological polar surface area (TPSA) is 49.8 Å². The number of methoxy groups -OCH3 is 1. The van der Waals surface area contributed by atoms with Crippen LogP contribution in [0.15, 0.2) is 18.2 Å². The van der Waals surface area contributed by atoms with Gasteiger partial charge < -0.3 is 14.7 Å². The number of rotatable bonds is 4. The molecule has 0 bridgehead atoms. The van der Waals surface area contributed by atoms with E-state index in [1.165, 1.54) is 13.2 Å². The Morgan fingerprint density at radius 1 is 1.53 bits per heavy atom. The number of carbonyl (C=O) groups excluding carboxylic acids is 1. The molecule has 1 aliphatic rings. The molecule has 0 radical (unpaired) electrons. The number of phenolic OH excluding ortho intramolecular Hbond substituents is 1. The van der Waals surface area contributed by atoms with Crippen LogP contribution in [-0.4, -0.2) is 35.6 Å². The zero-order valence-electron chi connectivity index (χ0n) is 10.1. The Bertz CT molecular complexity index is 427. The van der Waals surface area contributed by atoms with E-state index in [0.29, 0.717) is 23.9 Å². The average molecular weight is 235 g/mol. The maximum Gasteiger partial charge on any atom is 0.254 e. The third-order valence-corrected chi connectivity index (χ3v) is 3.01. The summed E-state index contributed by atoms with van der Waals surface area (Å²) in [5.41, 5.74) is 0.511. The quantitative estimate of drug-likeness (QED) is 0.868. The first kappa shape index (κ1) is 11.8. The van der Waals surface area contributed by atoms with Crippen molar-refractivity contribution in [3.05, 3.63) is 23.8 Å². The molecule has 17 heavy (non-hydrogen) atoms. The van der Waals surface area contributed by atoms with Crippen molar-refractivity contribution >= 4 is 5.91 Å². The predicted molar refractivity (Wildman–Crippen MR) is 64.4 cm³/mol. The lowest BCUT2D eigenvalue weighted by Crippen LogP contribution is -2.32. The fraction of sp³-hybridized carbons (Fsp3) is 0.462. The van der Waals surface area contributed by atoms with Gasteiger partial charge in [-0.25, -0.2) is 0 Å². The molecule has 0 heterocycles. The minimum Gasteiger partial charge on any atom is -0.504 e. The zero-order valence-corrected chi connectivity index (χ0v) is 10.1. The fourth-order valence-electron chi connectivity index (χ4n) is 1.94. The summed E-state index contributed by atoms with van der Waals surface area (Å²) in [6.07, 6.45) is 2.17. The number of hydrogen-bond acceptors (Lipinski definition) is 3. The second-order valence-corrected chi connectivity index (χ2v) is 4.21. The highest BCUT2D eigenvalue weighted by Crippen LogP contribution is 2.30. The highest BCUT2D eigenvalue weighted by Gasteiger charge is 2.31. The first-order chi connectivity index (χ1) is 8.17. The van der Waals surface area contributed by atoms with E-state index in [0.717, 1.165) is 12.8 Å². The Labute approximate surface area is 101 Å². The summed E-state index contributed by atoms with van der Waals surface area (Å²) in [5, 5.41) is 9.65. The molecule has 0 aromatic heterocycles. The Hall–Kier alpha value is -1.71. The molecule has 1 saturated carbocycles. The van der Waals surface area contributed by atoms with E-state index >= 15 is 0 Å². The van der Waals surface area contributed by atoms with Crippen molar-refractivity contribution in [3.63, 3.8) is 0 Å². The minimum absolute atomic E-state index is 0.00481. The molecular formula is C13H17NO3. The minimum atomic E-state index is -0.0204. The van der Waals surface area contributed by atoms with Crippen LogP contribution < -0.4 is 4.74 Å². The number of nitrogens with zero attached hydrogens (tertiary/aromatic N) is 1. The number of phenols is 1. The molecule has 1 amide bonds. The van der Waals surface area contributed by atoms with E-state index in [2.05, 4.69) is 0 Å². The van der Waals surface area contributed by atoms with Gasteiger partial charge in [0.2, 0.25) is 0 Å². The van der Waals surface area contributed by atoms with Crippen molar-refractivity contribution in [1.29, 1.82) is 0 Å². The summed E-state index contributed by atoms with van der Waals surface area (Å²) in [7, 11) is 1.49. The molecule has 4 heteroatoms. The van der Waals surface area contributed by atoms with Crippen LogP contribution >= 0.6 is 0 Å². The van der Waals surface area contributed by atoms with Crippen LogP contribution in [0.5, 0.6) is 11.5 Å². The van der Waals surface area contributed by atoms with E-state index in [-0.39, 0.29) is 11.7 Å². The normalized spacial score (nSPS) is 14.5. The summed E-state index contributed by atoms with van der Waals surface area (Å²) in [4.78, 5) is 14.0. The first-order valence-corrected chi connectivity index (χ1v) is 5.85. The molecule has 0 unspecified atom stereocenters. The average Bonchev–Trinajstić information content (AvgIpc) is 3.14. The predicted octanol–water partition coefficient (Wildman–Crippen LogP) is 2.03. The van der Waals surface area contributed by atoms with Crippen LogP contribution in [0.25, 0.3) is 0 Å². The first-order valence-electron chi connectivity index (χ1n) is 5.85. The van der Waals surface area contributed by atoms with Crippen LogP contribution in [0.2, 0.25) is 0 Å². The van der Waals surface area contributed by atoms with Gasteiger partial charge in [-0.2, -0.15) is 0 Å². The third kappa shape index (κ3) is 2.35. The van der Waals surface area contributed by atoms with Gasteiger partial charge in [-0.1, -0.05) is 0 Å². The van der Waals surface area contributed by atoms with Gasteiger partial charge >= 0.3 is 0 Å². The van der Waals surface area contributed by atoms with E-state index < -0.39 is 0 Å². The van der Waals surface area contributed by atoms with Crippen molar-refractivity contribution in [2.45, 2.75) is 25.8 Å². The number of amides is 1. The summed E-state index contributed by atoms with van der Waals surface area (Å²) < 4.78 is 4.95. The van der Waals surface area contributed by atoms with Crippen molar-refractivity contribution < 1.29 is 14.6 Å². The number of carbonyl (C=O) groups is 1. The lowest BCUT2D eigenvalue weighted by atomic mass is 10.1. The van der Waals surface area contributed by atoms with Crippen LogP contribution in [0.3, 0.4) is 0 Å². The van der Waals surface area contributed by atoms with Gasteiger partial charge in [0.15, 0.2) is 11.5 Å². The van der Waals surface area contributed by atoms with Crippen LogP contribution in [0.4, 0.5) is 0 Å². The molecular weight excluding hydrogens is 218 g/mol. The molecule has 1 aromatic rings. The van der Waals surface area contributed by atoms with Crippen LogP contribution in [0, 0.1) is 0 Å². The summed E-state index contributed by atoms with van der Waals surface area (Å²) >= 11 is 0. The summed E-state index contributed by atoms with van der Waals surface area (Å²) in [5.74, 6) is 0.370. The van der Waals surface area contributed by atoms with Crippen molar-refractivity contribution in [1.82, 2.24) is 4.90 Å². The standard InChI is InChI=1S/C13H17NO3/c1-3-14(10-5-6-10)13(16)9-4-7-12(17-2)11(15)8-9/h4,7-8,10,15H,3,5-6H2,1-2H3. The Balaban J connectivity index is 2.21. The number of aromatic hydroxyl groups is 1. The monoisotopic (exact) mass is 235 g/mol. The van der Waals surface area contributed by atoms with Gasteiger partial charge in [-0.3, -0.25) is 4.79 Å². The molecule has 1 aromatic carbocycles. The number of benzene rings is 1. The molecule has 0 spiro atoms. The Morgan fingerprint density at radius 3 is 2.71 bits per heavy atom. The molecule has 1 N–H and O–H groups in total. The lowest BCUT2D eigenvalue weighted by Gasteiger charge is -2.20. The molecule has 0 saturated heterocycles. The highest BCUT2D eigenvalue weighted by molar-refractivity contribution is 5.95. The maximum atomic E-state index is 12.2. The largest absolute Gasteiger partial charge is 0.504 e. The molecule has 2 rings (SSSR count). The van der Waals surface area contributed by atoms with E-state index in [1.807, 2.05) is 11.8 Å². The highest BCUT2D eigenvalue weighted by atomic mass is 16.5. The van der Waals surface area contributed by atoms with Crippen molar-refractivity contribution in [3.8, 4) is 11.5 Å². The summed E-state index contributed by atoms with van der Waals surface area (Å²) in [6.45, 7) is 2.68. The maximum absolute atomic E-state index is 12.2. The molecule has 1 fully saturated rings. The van der Waals surface area contributed by atoms with Crippen molar-refractivity contribution in [2.24, 2.45) is 0 Å². The zero-order chi connectivity index (χ0) is 12.4.